The average Bonchev–Trinajstić information content (AvgIpc) is 3.25. The molecule has 25 heavy (non-hydrogen) atoms. The van der Waals surface area contributed by atoms with Gasteiger partial charge in [0.05, 0.1) is 36.0 Å². The molecule has 0 saturated carbocycles. The zero-order valence-corrected chi connectivity index (χ0v) is 14.1. The molecular formula is C18H20N4O3. The summed E-state index contributed by atoms with van der Waals surface area (Å²) in [6, 6.07) is 5.32. The van der Waals surface area contributed by atoms with Crippen LogP contribution in [-0.2, 0) is 4.79 Å². The number of amides is 2. The minimum atomic E-state index is -0.476. The molecule has 1 atom stereocenters. The Morgan fingerprint density at radius 2 is 2.12 bits per heavy atom. The zero-order valence-electron chi connectivity index (χ0n) is 14.1. The fraction of sp³-hybridized carbons (Fsp3) is 0.444. The van der Waals surface area contributed by atoms with Gasteiger partial charge in [-0.05, 0) is 44.4 Å². The van der Waals surface area contributed by atoms with Crippen LogP contribution in [0.15, 0.2) is 35.1 Å². The third-order valence-corrected chi connectivity index (χ3v) is 5.15. The summed E-state index contributed by atoms with van der Waals surface area (Å²) < 4.78 is 5.06. The second-order valence-electron chi connectivity index (χ2n) is 6.84. The number of anilines is 1. The van der Waals surface area contributed by atoms with Crippen molar-refractivity contribution >= 4 is 17.6 Å². The minimum absolute atomic E-state index is 0.00922. The standard InChI is InChI=1S/C18H20N4O3/c1-13-4-5-15(20-19-13)21-12-18(10-16(21)23)7-2-3-8-22(18)17(24)14-6-9-25-11-14/h4-6,9,11H,2-3,7-8,10,12H2,1H3/t18-/m0/s1. The molecule has 0 bridgehead atoms. The molecule has 4 rings (SSSR count). The first kappa shape index (κ1) is 15.8. The van der Waals surface area contributed by atoms with Gasteiger partial charge in [0, 0.05) is 6.54 Å². The number of hydrogen-bond donors (Lipinski definition) is 0. The minimum Gasteiger partial charge on any atom is -0.472 e. The van der Waals surface area contributed by atoms with Gasteiger partial charge in [-0.2, -0.15) is 5.10 Å². The number of hydrogen-bond acceptors (Lipinski definition) is 5. The van der Waals surface area contributed by atoms with E-state index in [0.29, 0.717) is 30.9 Å². The number of furan rings is 1. The van der Waals surface area contributed by atoms with Gasteiger partial charge in [0.2, 0.25) is 5.91 Å². The molecule has 2 amide bonds. The van der Waals surface area contributed by atoms with Crippen molar-refractivity contribution in [3.8, 4) is 0 Å². The summed E-state index contributed by atoms with van der Waals surface area (Å²) in [6.45, 7) is 2.98. The van der Waals surface area contributed by atoms with E-state index >= 15 is 0 Å². The molecule has 0 unspecified atom stereocenters. The fourth-order valence-corrected chi connectivity index (χ4v) is 3.86. The topological polar surface area (TPSA) is 79.5 Å². The van der Waals surface area contributed by atoms with Crippen LogP contribution in [0.4, 0.5) is 5.82 Å². The van der Waals surface area contributed by atoms with Crippen LogP contribution in [0.1, 0.15) is 41.7 Å². The second-order valence-corrected chi connectivity index (χ2v) is 6.84. The van der Waals surface area contributed by atoms with E-state index in [1.807, 2.05) is 24.0 Å². The molecule has 7 nitrogen and oxygen atoms in total. The lowest BCUT2D eigenvalue weighted by Crippen LogP contribution is -2.56. The van der Waals surface area contributed by atoms with E-state index in [4.69, 9.17) is 4.42 Å². The van der Waals surface area contributed by atoms with E-state index in [9.17, 15) is 9.59 Å². The van der Waals surface area contributed by atoms with Crippen LogP contribution in [0, 0.1) is 6.92 Å². The van der Waals surface area contributed by atoms with Gasteiger partial charge in [0.15, 0.2) is 5.82 Å². The molecule has 0 radical (unpaired) electrons. The highest BCUT2D eigenvalue weighted by atomic mass is 16.3. The van der Waals surface area contributed by atoms with E-state index in [-0.39, 0.29) is 11.8 Å². The van der Waals surface area contributed by atoms with E-state index < -0.39 is 5.54 Å². The normalized spacial score (nSPS) is 23.5. The molecular weight excluding hydrogens is 320 g/mol. The van der Waals surface area contributed by atoms with E-state index in [1.54, 1.807) is 11.0 Å². The van der Waals surface area contributed by atoms with Crippen LogP contribution in [0.3, 0.4) is 0 Å². The number of carbonyl (C=O) groups is 2. The van der Waals surface area contributed by atoms with Gasteiger partial charge in [0.25, 0.3) is 5.91 Å². The van der Waals surface area contributed by atoms with Crippen molar-refractivity contribution in [3.63, 3.8) is 0 Å². The fourth-order valence-electron chi connectivity index (χ4n) is 3.86. The Balaban J connectivity index is 1.64. The molecule has 2 aromatic heterocycles. The summed E-state index contributed by atoms with van der Waals surface area (Å²) >= 11 is 0. The predicted molar refractivity (Wildman–Crippen MR) is 90.1 cm³/mol. The smallest absolute Gasteiger partial charge is 0.257 e. The third-order valence-electron chi connectivity index (χ3n) is 5.15. The Labute approximate surface area is 145 Å². The number of nitrogens with zero attached hydrogens (tertiary/aromatic N) is 4. The first-order valence-electron chi connectivity index (χ1n) is 8.54. The summed E-state index contributed by atoms with van der Waals surface area (Å²) in [5.41, 5.74) is 0.859. The molecule has 2 fully saturated rings. The largest absolute Gasteiger partial charge is 0.472 e. The highest BCUT2D eigenvalue weighted by Crippen LogP contribution is 2.39. The summed E-state index contributed by atoms with van der Waals surface area (Å²) in [7, 11) is 0. The highest BCUT2D eigenvalue weighted by molar-refractivity contribution is 5.99. The lowest BCUT2D eigenvalue weighted by Gasteiger charge is -2.44. The number of aryl methyl sites for hydroxylation is 1. The van der Waals surface area contributed by atoms with Gasteiger partial charge in [-0.25, -0.2) is 0 Å². The van der Waals surface area contributed by atoms with E-state index in [2.05, 4.69) is 10.2 Å². The molecule has 2 aliphatic heterocycles. The predicted octanol–water partition coefficient (Wildman–Crippen LogP) is 2.18. The molecule has 0 N–H and O–H groups in total. The molecule has 2 saturated heterocycles. The number of rotatable bonds is 2. The molecule has 130 valence electrons. The number of carbonyl (C=O) groups excluding carboxylic acids is 2. The van der Waals surface area contributed by atoms with Crippen molar-refractivity contribution in [1.82, 2.24) is 15.1 Å². The van der Waals surface area contributed by atoms with Crippen molar-refractivity contribution in [2.75, 3.05) is 18.0 Å². The molecule has 1 spiro atoms. The van der Waals surface area contributed by atoms with Crippen LogP contribution in [0.25, 0.3) is 0 Å². The third kappa shape index (κ3) is 2.69. The molecule has 4 heterocycles. The lowest BCUT2D eigenvalue weighted by atomic mass is 9.85. The maximum atomic E-state index is 12.9. The Bertz CT molecular complexity index is 787. The van der Waals surface area contributed by atoms with Gasteiger partial charge in [-0.3, -0.25) is 14.5 Å². The van der Waals surface area contributed by atoms with E-state index in [0.717, 1.165) is 25.0 Å². The van der Waals surface area contributed by atoms with Crippen molar-refractivity contribution in [2.45, 2.75) is 38.1 Å². The van der Waals surface area contributed by atoms with Crippen LogP contribution in [0.2, 0.25) is 0 Å². The summed E-state index contributed by atoms with van der Waals surface area (Å²) in [5.74, 6) is 0.469. The summed E-state index contributed by atoms with van der Waals surface area (Å²) in [4.78, 5) is 29.1. The quantitative estimate of drug-likeness (QED) is 0.837. The number of piperidine rings is 1. The molecule has 0 aliphatic carbocycles. The zero-order chi connectivity index (χ0) is 17.4. The van der Waals surface area contributed by atoms with Crippen molar-refractivity contribution in [3.05, 3.63) is 42.0 Å². The Morgan fingerprint density at radius 3 is 2.84 bits per heavy atom. The van der Waals surface area contributed by atoms with Gasteiger partial charge in [-0.1, -0.05) is 0 Å². The molecule has 2 aliphatic rings. The van der Waals surface area contributed by atoms with Crippen LogP contribution >= 0.6 is 0 Å². The van der Waals surface area contributed by atoms with Crippen LogP contribution in [-0.4, -0.2) is 45.5 Å². The Morgan fingerprint density at radius 1 is 1.24 bits per heavy atom. The highest BCUT2D eigenvalue weighted by Gasteiger charge is 2.51. The molecule has 2 aromatic rings. The van der Waals surface area contributed by atoms with Crippen LogP contribution in [0.5, 0.6) is 0 Å². The van der Waals surface area contributed by atoms with Gasteiger partial charge in [0.1, 0.15) is 6.26 Å². The van der Waals surface area contributed by atoms with Crippen molar-refractivity contribution < 1.29 is 14.0 Å². The monoisotopic (exact) mass is 340 g/mol. The van der Waals surface area contributed by atoms with Crippen molar-refractivity contribution in [1.29, 1.82) is 0 Å². The summed E-state index contributed by atoms with van der Waals surface area (Å²) in [6.07, 6.45) is 6.06. The Hall–Kier alpha value is -2.70. The Kier molecular flexibility index (Phi) is 3.78. The lowest BCUT2D eigenvalue weighted by molar-refractivity contribution is -0.118. The van der Waals surface area contributed by atoms with Gasteiger partial charge in [-0.15, -0.1) is 5.10 Å². The number of aromatic nitrogens is 2. The van der Waals surface area contributed by atoms with Crippen molar-refractivity contribution in [2.24, 2.45) is 0 Å². The maximum absolute atomic E-state index is 12.9. The van der Waals surface area contributed by atoms with Gasteiger partial charge >= 0.3 is 0 Å². The molecule has 7 heteroatoms. The van der Waals surface area contributed by atoms with Gasteiger partial charge < -0.3 is 9.32 Å². The maximum Gasteiger partial charge on any atom is 0.257 e. The molecule has 0 aromatic carbocycles. The first-order valence-corrected chi connectivity index (χ1v) is 8.54. The summed E-state index contributed by atoms with van der Waals surface area (Å²) in [5, 5.41) is 8.19. The van der Waals surface area contributed by atoms with Crippen LogP contribution < -0.4 is 4.90 Å². The van der Waals surface area contributed by atoms with E-state index in [1.165, 1.54) is 12.5 Å². The second kappa shape index (κ2) is 5.98. The SMILES string of the molecule is Cc1ccc(N2C[C@]3(CCCCN3C(=O)c3ccoc3)CC2=O)nn1. The first-order chi connectivity index (χ1) is 12.1. The number of likely N-dealkylation sites (tertiary alicyclic amines) is 1. The average molecular weight is 340 g/mol.